The molecule has 168 valence electrons. The molecule has 0 bridgehead atoms. The smallest absolute Gasteiger partial charge is 0.226 e. The van der Waals surface area contributed by atoms with Crippen LogP contribution in [-0.2, 0) is 17.6 Å². The Morgan fingerprint density at radius 1 is 1.00 bits per heavy atom. The number of benzene rings is 3. The van der Waals surface area contributed by atoms with Crippen LogP contribution >= 0.6 is 0 Å². The first-order valence-corrected chi connectivity index (χ1v) is 11.0. The number of carbonyl (C=O) groups excluding carboxylic acids is 1. The molecule has 6 heteroatoms. The van der Waals surface area contributed by atoms with Gasteiger partial charge < -0.3 is 10.1 Å². The van der Waals surface area contributed by atoms with E-state index in [1.54, 1.807) is 22.9 Å². The van der Waals surface area contributed by atoms with Crippen LogP contribution in [0.2, 0.25) is 0 Å². The van der Waals surface area contributed by atoms with Crippen LogP contribution in [-0.4, -0.2) is 15.7 Å². The molecule has 0 fully saturated rings. The van der Waals surface area contributed by atoms with Crippen molar-refractivity contribution in [3.8, 4) is 17.3 Å². The fourth-order valence-electron chi connectivity index (χ4n) is 3.65. The Labute approximate surface area is 192 Å². The highest BCUT2D eigenvalue weighted by atomic mass is 19.1. The molecule has 1 N–H and O–H groups in total. The lowest BCUT2D eigenvalue weighted by Crippen LogP contribution is -2.13. The van der Waals surface area contributed by atoms with Gasteiger partial charge in [0.2, 0.25) is 11.8 Å². The van der Waals surface area contributed by atoms with Gasteiger partial charge in [-0.25, -0.2) is 9.07 Å². The first-order chi connectivity index (χ1) is 16.1. The normalized spacial score (nSPS) is 10.8. The zero-order chi connectivity index (χ0) is 23.2. The Kier molecular flexibility index (Phi) is 6.83. The highest BCUT2D eigenvalue weighted by molar-refractivity contribution is 5.91. The Balaban J connectivity index is 1.66. The van der Waals surface area contributed by atoms with Crippen molar-refractivity contribution in [2.45, 2.75) is 33.1 Å². The van der Waals surface area contributed by atoms with E-state index in [-0.39, 0.29) is 18.0 Å². The summed E-state index contributed by atoms with van der Waals surface area (Å²) in [6, 6.07) is 23.7. The van der Waals surface area contributed by atoms with Crippen LogP contribution in [0.4, 0.5) is 10.1 Å². The number of para-hydroxylation sites is 3. The van der Waals surface area contributed by atoms with Gasteiger partial charge in [-0.1, -0.05) is 55.5 Å². The number of hydrogen-bond acceptors (Lipinski definition) is 3. The van der Waals surface area contributed by atoms with Crippen LogP contribution in [0.25, 0.3) is 5.69 Å². The number of halogens is 1. The molecule has 1 amide bonds. The van der Waals surface area contributed by atoms with Gasteiger partial charge in [-0.2, -0.15) is 5.10 Å². The van der Waals surface area contributed by atoms with E-state index in [0.29, 0.717) is 18.7 Å². The maximum atomic E-state index is 13.9. The molecule has 1 aromatic heterocycles. The molecule has 3 aromatic carbocycles. The molecule has 0 atom stereocenters. The number of nitrogens with zero attached hydrogens (tertiary/aromatic N) is 2. The molecule has 4 aromatic rings. The molecule has 0 unspecified atom stereocenters. The standard InChI is InChI=1S/C27H26FN3O2/c1-3-23-21(17-18-26(32)29-24-15-9-8-14-22(24)28)27(33-25-16-10-7-11-19(25)2)31(30-23)20-12-5-4-6-13-20/h4-16H,3,17-18H2,1-2H3,(H,29,32). The van der Waals surface area contributed by atoms with Gasteiger partial charge >= 0.3 is 0 Å². The van der Waals surface area contributed by atoms with Crippen LogP contribution in [0, 0.1) is 12.7 Å². The molecule has 0 saturated carbocycles. The van der Waals surface area contributed by atoms with E-state index in [0.717, 1.165) is 28.3 Å². The minimum Gasteiger partial charge on any atom is -0.438 e. The van der Waals surface area contributed by atoms with Crippen LogP contribution in [0.5, 0.6) is 11.6 Å². The van der Waals surface area contributed by atoms with Gasteiger partial charge in [0.15, 0.2) is 0 Å². The number of aryl methyl sites for hydroxylation is 2. The van der Waals surface area contributed by atoms with E-state index in [9.17, 15) is 9.18 Å². The summed E-state index contributed by atoms with van der Waals surface area (Å²) in [5.41, 5.74) is 3.78. The Bertz CT molecular complexity index is 1250. The molecule has 33 heavy (non-hydrogen) atoms. The third kappa shape index (κ3) is 5.12. The Hall–Kier alpha value is -3.93. The zero-order valence-corrected chi connectivity index (χ0v) is 18.7. The van der Waals surface area contributed by atoms with Crippen molar-refractivity contribution in [3.63, 3.8) is 0 Å². The van der Waals surface area contributed by atoms with Gasteiger partial charge in [0, 0.05) is 12.0 Å². The van der Waals surface area contributed by atoms with Gasteiger partial charge in [-0.3, -0.25) is 4.79 Å². The average molecular weight is 444 g/mol. The molecule has 0 radical (unpaired) electrons. The van der Waals surface area contributed by atoms with Gasteiger partial charge in [0.05, 0.1) is 17.1 Å². The maximum absolute atomic E-state index is 13.9. The van der Waals surface area contributed by atoms with Crippen molar-refractivity contribution < 1.29 is 13.9 Å². The molecule has 0 saturated heterocycles. The fourth-order valence-corrected chi connectivity index (χ4v) is 3.65. The van der Waals surface area contributed by atoms with E-state index in [1.807, 2.05) is 68.4 Å². The zero-order valence-electron chi connectivity index (χ0n) is 18.7. The number of carbonyl (C=O) groups is 1. The Morgan fingerprint density at radius 3 is 2.42 bits per heavy atom. The second kappa shape index (κ2) is 10.1. The summed E-state index contributed by atoms with van der Waals surface area (Å²) in [5.74, 6) is 0.595. The largest absolute Gasteiger partial charge is 0.438 e. The van der Waals surface area contributed by atoms with Crippen LogP contribution in [0.1, 0.15) is 30.2 Å². The van der Waals surface area contributed by atoms with Crippen LogP contribution in [0.15, 0.2) is 78.9 Å². The highest BCUT2D eigenvalue weighted by Gasteiger charge is 2.21. The number of rotatable bonds is 8. The molecule has 4 rings (SSSR count). The topological polar surface area (TPSA) is 56.2 Å². The van der Waals surface area contributed by atoms with Crippen molar-refractivity contribution in [2.24, 2.45) is 0 Å². The van der Waals surface area contributed by atoms with Gasteiger partial charge in [-0.05, 0) is 55.7 Å². The number of anilines is 1. The molecule has 0 aliphatic heterocycles. The summed E-state index contributed by atoms with van der Waals surface area (Å²) in [6.45, 7) is 4.01. The average Bonchev–Trinajstić information content (AvgIpc) is 3.18. The molecule has 0 spiro atoms. The van der Waals surface area contributed by atoms with Crippen molar-refractivity contribution in [3.05, 3.63) is 102 Å². The van der Waals surface area contributed by atoms with Crippen LogP contribution < -0.4 is 10.1 Å². The number of hydrogen-bond donors (Lipinski definition) is 1. The quantitative estimate of drug-likeness (QED) is 0.350. The van der Waals surface area contributed by atoms with E-state index in [1.165, 1.54) is 6.07 Å². The number of ether oxygens (including phenoxy) is 1. The van der Waals surface area contributed by atoms with E-state index >= 15 is 0 Å². The minimum atomic E-state index is -0.458. The van der Waals surface area contributed by atoms with E-state index in [2.05, 4.69) is 5.32 Å². The molecular formula is C27H26FN3O2. The second-order valence-electron chi connectivity index (χ2n) is 7.73. The first-order valence-electron chi connectivity index (χ1n) is 11.0. The predicted octanol–water partition coefficient (Wildman–Crippen LogP) is 6.25. The molecule has 5 nitrogen and oxygen atoms in total. The highest BCUT2D eigenvalue weighted by Crippen LogP contribution is 2.33. The van der Waals surface area contributed by atoms with Gasteiger partial charge in [0.1, 0.15) is 11.6 Å². The minimum absolute atomic E-state index is 0.173. The molecule has 0 aliphatic carbocycles. The second-order valence-corrected chi connectivity index (χ2v) is 7.73. The fraction of sp³-hybridized carbons (Fsp3) is 0.185. The van der Waals surface area contributed by atoms with E-state index in [4.69, 9.17) is 9.84 Å². The van der Waals surface area contributed by atoms with Gasteiger partial charge in [0.25, 0.3) is 0 Å². The SMILES string of the molecule is CCc1nn(-c2ccccc2)c(Oc2ccccc2C)c1CCC(=O)Nc1ccccc1F. The third-order valence-electron chi connectivity index (χ3n) is 5.41. The lowest BCUT2D eigenvalue weighted by atomic mass is 10.1. The summed E-state index contributed by atoms with van der Waals surface area (Å²) in [5, 5.41) is 7.45. The first kappa shape index (κ1) is 22.3. The predicted molar refractivity (Wildman–Crippen MR) is 128 cm³/mol. The van der Waals surface area contributed by atoms with Crippen molar-refractivity contribution in [1.29, 1.82) is 0 Å². The molecule has 1 heterocycles. The van der Waals surface area contributed by atoms with Crippen LogP contribution in [0.3, 0.4) is 0 Å². The maximum Gasteiger partial charge on any atom is 0.226 e. The summed E-state index contributed by atoms with van der Waals surface area (Å²) in [6.07, 6.45) is 1.28. The summed E-state index contributed by atoms with van der Waals surface area (Å²) < 4.78 is 22.1. The van der Waals surface area contributed by atoms with Crippen molar-refractivity contribution >= 4 is 11.6 Å². The third-order valence-corrected chi connectivity index (χ3v) is 5.41. The molecular weight excluding hydrogens is 417 g/mol. The lowest BCUT2D eigenvalue weighted by molar-refractivity contribution is -0.116. The number of aromatic nitrogens is 2. The van der Waals surface area contributed by atoms with Gasteiger partial charge in [-0.15, -0.1) is 0 Å². The van der Waals surface area contributed by atoms with Crippen molar-refractivity contribution in [2.75, 3.05) is 5.32 Å². The number of nitrogens with one attached hydrogen (secondary N) is 1. The van der Waals surface area contributed by atoms with E-state index < -0.39 is 5.82 Å². The summed E-state index contributed by atoms with van der Waals surface area (Å²) in [4.78, 5) is 12.6. The number of amides is 1. The summed E-state index contributed by atoms with van der Waals surface area (Å²) >= 11 is 0. The summed E-state index contributed by atoms with van der Waals surface area (Å²) in [7, 11) is 0. The molecule has 0 aliphatic rings. The monoisotopic (exact) mass is 443 g/mol. The Morgan fingerprint density at radius 2 is 1.70 bits per heavy atom. The van der Waals surface area contributed by atoms with Crippen molar-refractivity contribution in [1.82, 2.24) is 9.78 Å². The lowest BCUT2D eigenvalue weighted by Gasteiger charge is -2.13.